The van der Waals surface area contributed by atoms with E-state index in [9.17, 15) is 28.8 Å². The van der Waals surface area contributed by atoms with E-state index in [1.54, 1.807) is 0 Å². The third kappa shape index (κ3) is 7.69. The number of carbonyl (C=O) groups is 6. The summed E-state index contributed by atoms with van der Waals surface area (Å²) in [6.45, 7) is 13.4. The molecule has 0 aromatic heterocycles. The first-order chi connectivity index (χ1) is 34.4. The maximum atomic E-state index is 14.6. The highest BCUT2D eigenvalue weighted by molar-refractivity contribution is 6.01. The van der Waals surface area contributed by atoms with Gasteiger partial charge < -0.3 is 40.5 Å². The maximum absolute atomic E-state index is 14.6. The highest BCUT2D eigenvalue weighted by Gasteiger charge is 2.60. The highest BCUT2D eigenvalue weighted by Crippen LogP contribution is 2.57. The molecule has 4 N–H and O–H groups in total. The third-order valence-corrected chi connectivity index (χ3v) is 19.3. The van der Waals surface area contributed by atoms with Gasteiger partial charge in [0.25, 0.3) is 0 Å². The topological polar surface area (TPSA) is 175 Å². The molecule has 6 fully saturated rings. The Labute approximate surface area is 423 Å². The molecule has 3 aromatic rings. The average Bonchev–Trinajstić information content (AvgIpc) is 4.13. The molecule has 11 rings (SSSR count). The lowest BCUT2D eigenvalue weighted by Crippen LogP contribution is -2.65. The number of ether oxygens (including phenoxy) is 2. The van der Waals surface area contributed by atoms with Crippen molar-refractivity contribution in [2.24, 2.45) is 35.5 Å². The standard InChI is InChI=1S/C58H72N6O8/c1-29-37-19-11-15-33-27-41(63(49(33)37)53(67)47(29)61-55(69)71-7)51(65)59-35-17-9-13-31(25-35)43-39-21-23-58(5,6)46(39)44(40-22-24-57(3,4)45(40)43)32-14-10-18-36(26-32)60-52(66)42-28-34-16-12-20-38-30(2)48(62-56(70)72-8)54(68)64(42)50(34)38/h9-10,13-14,17-18,25-26,29-30,33-34,37-38,41-42,47-50H,11-12,15-16,19-24,27-28H2,1-8H3,(H,59,65)(H,60,66)(H,61,69)(H,62,70)/t29?,30?,33?,34?,37?,38?,41-,42-,47-,48-,49?,50?/m0/s1. The normalized spacial score (nSPS) is 32.2. The van der Waals surface area contributed by atoms with Crippen molar-refractivity contribution in [3.05, 3.63) is 70.8 Å². The van der Waals surface area contributed by atoms with Gasteiger partial charge >= 0.3 is 12.2 Å². The second-order valence-electron chi connectivity index (χ2n) is 24.0. The van der Waals surface area contributed by atoms with E-state index in [2.05, 4.69) is 73.2 Å². The van der Waals surface area contributed by atoms with Crippen molar-refractivity contribution in [2.45, 2.75) is 166 Å². The number of alkyl carbamates (subject to hydrolysis) is 2. The van der Waals surface area contributed by atoms with E-state index in [0.29, 0.717) is 24.2 Å². The van der Waals surface area contributed by atoms with Crippen LogP contribution in [0.2, 0.25) is 0 Å². The molecule has 382 valence electrons. The Kier molecular flexibility index (Phi) is 12.0. The van der Waals surface area contributed by atoms with Crippen molar-refractivity contribution >= 4 is 47.2 Å². The number of benzene rings is 3. The molecular weight excluding hydrogens is 909 g/mol. The number of anilines is 2. The monoisotopic (exact) mass is 981 g/mol. The fraction of sp³-hybridized carbons (Fsp3) is 0.586. The Hall–Kier alpha value is -5.92. The van der Waals surface area contributed by atoms with E-state index in [1.165, 1.54) is 47.6 Å². The molecule has 0 radical (unpaired) electrons. The van der Waals surface area contributed by atoms with Gasteiger partial charge in [0, 0.05) is 23.5 Å². The summed E-state index contributed by atoms with van der Waals surface area (Å²) in [5.41, 5.74) is 10.9. The van der Waals surface area contributed by atoms with Crippen LogP contribution in [0.5, 0.6) is 0 Å². The van der Waals surface area contributed by atoms with E-state index in [1.807, 2.05) is 47.9 Å². The van der Waals surface area contributed by atoms with Gasteiger partial charge in [-0.05, 0) is 179 Å². The van der Waals surface area contributed by atoms with Crippen LogP contribution in [0.4, 0.5) is 21.0 Å². The predicted molar refractivity (Wildman–Crippen MR) is 274 cm³/mol. The number of carbonyl (C=O) groups excluding carboxylic acids is 6. The van der Waals surface area contributed by atoms with Gasteiger partial charge in [-0.3, -0.25) is 19.2 Å². The molecule has 4 saturated heterocycles. The lowest BCUT2D eigenvalue weighted by Gasteiger charge is -2.49. The molecule has 3 aromatic carbocycles. The molecular formula is C58H72N6O8. The van der Waals surface area contributed by atoms with Crippen LogP contribution in [0.25, 0.3) is 22.3 Å². The summed E-state index contributed by atoms with van der Waals surface area (Å²) >= 11 is 0. The number of amides is 6. The van der Waals surface area contributed by atoms with Crippen LogP contribution >= 0.6 is 0 Å². The summed E-state index contributed by atoms with van der Waals surface area (Å²) in [5.74, 6) is -0.111. The van der Waals surface area contributed by atoms with Gasteiger partial charge in [0.05, 0.1) is 14.2 Å². The Morgan fingerprint density at radius 1 is 0.597 bits per heavy atom. The summed E-state index contributed by atoms with van der Waals surface area (Å²) in [5, 5.41) is 12.2. The molecule has 72 heavy (non-hydrogen) atoms. The number of nitrogens with one attached hydrogen (secondary N) is 4. The molecule has 14 nitrogen and oxygen atoms in total. The van der Waals surface area contributed by atoms with Gasteiger partial charge in [0.15, 0.2) is 0 Å². The van der Waals surface area contributed by atoms with Crippen LogP contribution in [-0.2, 0) is 52.3 Å². The first kappa shape index (κ1) is 48.4. The molecule has 4 aliphatic carbocycles. The molecule has 2 saturated carbocycles. The van der Waals surface area contributed by atoms with Crippen LogP contribution < -0.4 is 21.3 Å². The van der Waals surface area contributed by atoms with Gasteiger partial charge in [-0.1, -0.05) is 78.6 Å². The molecule has 14 heteroatoms. The number of hydrogen-bond donors (Lipinski definition) is 4. The molecule has 12 atom stereocenters. The average molecular weight is 981 g/mol. The highest BCUT2D eigenvalue weighted by atomic mass is 16.5. The fourth-order valence-corrected chi connectivity index (χ4v) is 16.0. The first-order valence-corrected chi connectivity index (χ1v) is 26.8. The van der Waals surface area contributed by atoms with Gasteiger partial charge in [-0.15, -0.1) is 0 Å². The van der Waals surface area contributed by atoms with Crippen LogP contribution in [-0.4, -0.2) is 96.1 Å². The number of hydrogen-bond acceptors (Lipinski definition) is 8. The summed E-state index contributed by atoms with van der Waals surface area (Å²) in [4.78, 5) is 86.1. The number of nitrogens with zero attached hydrogens (tertiary/aromatic N) is 2. The predicted octanol–water partition coefficient (Wildman–Crippen LogP) is 8.87. The molecule has 0 spiro atoms. The first-order valence-electron chi connectivity index (χ1n) is 26.8. The van der Waals surface area contributed by atoms with Crippen molar-refractivity contribution < 1.29 is 38.2 Å². The van der Waals surface area contributed by atoms with Crippen LogP contribution in [0.1, 0.15) is 128 Å². The second kappa shape index (κ2) is 17.9. The Morgan fingerprint density at radius 2 is 1.00 bits per heavy atom. The van der Waals surface area contributed by atoms with E-state index in [0.717, 1.165) is 75.3 Å². The van der Waals surface area contributed by atoms with Crippen LogP contribution in [0, 0.1) is 35.5 Å². The smallest absolute Gasteiger partial charge is 0.407 e. The summed E-state index contributed by atoms with van der Waals surface area (Å²) < 4.78 is 9.83. The molecule has 6 amide bonds. The molecule has 4 heterocycles. The quantitative estimate of drug-likeness (QED) is 0.173. The SMILES string of the molecule is COC(=O)N[C@@H]1C(=O)N2C3C(CCCC3C1C)C[C@H]2C(=O)Nc1cccc(-c2c3c(c(-c4cccc(NC(=O)[C@@H]5CC6CCCC7C(C)[C@H](NC(=O)OC)C(=O)N5C67)c4)c4c2C(C)(C)CC4)C(C)(C)CC3)c1. The van der Waals surface area contributed by atoms with Crippen molar-refractivity contribution in [2.75, 3.05) is 24.9 Å². The van der Waals surface area contributed by atoms with E-state index >= 15 is 0 Å². The maximum Gasteiger partial charge on any atom is 0.407 e. The summed E-state index contributed by atoms with van der Waals surface area (Å²) in [7, 11) is 2.60. The van der Waals surface area contributed by atoms with Crippen LogP contribution in [0.15, 0.2) is 48.5 Å². The number of piperidine rings is 2. The van der Waals surface area contributed by atoms with Crippen LogP contribution in [0.3, 0.4) is 0 Å². The lowest BCUT2D eigenvalue weighted by molar-refractivity contribution is -0.150. The Bertz CT molecular complexity index is 2580. The van der Waals surface area contributed by atoms with Crippen molar-refractivity contribution in [3.8, 4) is 22.3 Å². The molecule has 0 bridgehead atoms. The lowest BCUT2D eigenvalue weighted by atomic mass is 9.68. The van der Waals surface area contributed by atoms with Gasteiger partial charge in [-0.25, -0.2) is 9.59 Å². The van der Waals surface area contributed by atoms with Crippen molar-refractivity contribution in [1.82, 2.24) is 20.4 Å². The van der Waals surface area contributed by atoms with E-state index < -0.39 is 36.4 Å². The van der Waals surface area contributed by atoms with Crippen molar-refractivity contribution in [1.29, 1.82) is 0 Å². The zero-order valence-electron chi connectivity index (χ0n) is 43.2. The summed E-state index contributed by atoms with van der Waals surface area (Å²) in [6, 6.07) is 13.6. The zero-order chi connectivity index (χ0) is 50.7. The summed E-state index contributed by atoms with van der Waals surface area (Å²) in [6.07, 6.45) is 9.56. The van der Waals surface area contributed by atoms with E-state index in [4.69, 9.17) is 9.47 Å². The number of rotatable bonds is 8. The number of methoxy groups -OCH3 is 2. The number of fused-ring (bicyclic) bond motifs is 2. The molecule has 8 unspecified atom stereocenters. The third-order valence-electron chi connectivity index (χ3n) is 19.3. The van der Waals surface area contributed by atoms with E-state index in [-0.39, 0.29) is 82.0 Å². The van der Waals surface area contributed by atoms with Gasteiger partial charge in [0.2, 0.25) is 23.6 Å². The van der Waals surface area contributed by atoms with Crippen molar-refractivity contribution in [3.63, 3.8) is 0 Å². The van der Waals surface area contributed by atoms with Gasteiger partial charge in [-0.2, -0.15) is 0 Å². The zero-order valence-corrected chi connectivity index (χ0v) is 43.2. The fourth-order valence-electron chi connectivity index (χ4n) is 16.0. The second-order valence-corrected chi connectivity index (χ2v) is 24.0. The van der Waals surface area contributed by atoms with Gasteiger partial charge in [0.1, 0.15) is 24.2 Å². The minimum absolute atomic E-state index is 0.0273. The molecule has 4 aliphatic heterocycles. The molecule has 8 aliphatic rings. The largest absolute Gasteiger partial charge is 0.453 e. The minimum atomic E-state index is -0.752. The Morgan fingerprint density at radius 3 is 1.39 bits per heavy atom. The minimum Gasteiger partial charge on any atom is -0.453 e. The Balaban J connectivity index is 0.904.